The average Bonchev–Trinajstić information content (AvgIpc) is 2.52. The number of aryl methyl sites for hydroxylation is 2. The van der Waals surface area contributed by atoms with E-state index in [1.807, 2.05) is 5.32 Å². The molecule has 26 heavy (non-hydrogen) atoms. The Morgan fingerprint density at radius 1 is 1.19 bits per heavy atom. The second-order valence-electron chi connectivity index (χ2n) is 5.23. The number of rotatable bonds is 7. The Kier molecular flexibility index (Phi) is 8.36. The molecule has 0 saturated heterocycles. The first kappa shape index (κ1) is 21.7. The zero-order chi connectivity index (χ0) is 19.9. The standard InChI is InChI=1S/C15H20F2N4O4S/c1-7-10(8(2)20-15(19-7)26-13(16)17)5-6-11(22)25-9(3)12(23)21-14(24)18-4/h9,13H,5-6H2,1-4H3,(H2,18,21,23,24)/t9-/m0/s1. The van der Waals surface area contributed by atoms with Crippen LogP contribution in [0.25, 0.3) is 0 Å². The van der Waals surface area contributed by atoms with Crippen molar-refractivity contribution in [3.63, 3.8) is 0 Å². The highest BCUT2D eigenvalue weighted by Gasteiger charge is 2.20. The highest BCUT2D eigenvalue weighted by molar-refractivity contribution is 7.99. The first-order valence-corrected chi connectivity index (χ1v) is 8.53. The molecular formula is C15H20F2N4O4S. The predicted octanol–water partition coefficient (Wildman–Crippen LogP) is 1.73. The highest BCUT2D eigenvalue weighted by atomic mass is 32.2. The van der Waals surface area contributed by atoms with E-state index in [9.17, 15) is 23.2 Å². The van der Waals surface area contributed by atoms with Gasteiger partial charge in [-0.2, -0.15) is 8.78 Å². The van der Waals surface area contributed by atoms with Crippen LogP contribution in [0.1, 0.15) is 30.3 Å². The summed E-state index contributed by atoms with van der Waals surface area (Å²) in [6.07, 6.45) is -0.952. The lowest BCUT2D eigenvalue weighted by molar-refractivity contribution is -0.154. The lowest BCUT2D eigenvalue weighted by Gasteiger charge is -2.13. The van der Waals surface area contributed by atoms with E-state index < -0.39 is 29.8 Å². The van der Waals surface area contributed by atoms with Gasteiger partial charge in [-0.15, -0.1) is 0 Å². The van der Waals surface area contributed by atoms with Crippen molar-refractivity contribution in [3.8, 4) is 0 Å². The highest BCUT2D eigenvalue weighted by Crippen LogP contribution is 2.24. The van der Waals surface area contributed by atoms with Crippen molar-refractivity contribution in [2.24, 2.45) is 0 Å². The summed E-state index contributed by atoms with van der Waals surface area (Å²) in [6.45, 7) is 4.63. The van der Waals surface area contributed by atoms with Crippen molar-refractivity contribution in [1.29, 1.82) is 0 Å². The van der Waals surface area contributed by atoms with Crippen LogP contribution in [0.15, 0.2) is 5.16 Å². The van der Waals surface area contributed by atoms with Crippen LogP contribution < -0.4 is 10.6 Å². The molecule has 0 bridgehead atoms. The molecule has 144 valence electrons. The quantitative estimate of drug-likeness (QED) is 0.414. The Morgan fingerprint density at radius 2 is 1.77 bits per heavy atom. The maximum absolute atomic E-state index is 12.4. The lowest BCUT2D eigenvalue weighted by Crippen LogP contribution is -2.43. The molecule has 0 saturated carbocycles. The molecule has 1 aromatic heterocycles. The monoisotopic (exact) mass is 390 g/mol. The Hall–Kier alpha value is -2.30. The molecule has 0 aliphatic carbocycles. The fraction of sp³-hybridized carbons (Fsp3) is 0.533. The van der Waals surface area contributed by atoms with Gasteiger partial charge in [-0.1, -0.05) is 0 Å². The van der Waals surface area contributed by atoms with Gasteiger partial charge in [0.25, 0.3) is 11.7 Å². The summed E-state index contributed by atoms with van der Waals surface area (Å²) in [5, 5.41) is 4.18. The van der Waals surface area contributed by atoms with Crippen LogP contribution in [0, 0.1) is 13.8 Å². The largest absolute Gasteiger partial charge is 0.453 e. The molecule has 2 N–H and O–H groups in total. The predicted molar refractivity (Wildman–Crippen MR) is 89.8 cm³/mol. The minimum Gasteiger partial charge on any atom is -0.453 e. The maximum atomic E-state index is 12.4. The number of hydrogen-bond acceptors (Lipinski definition) is 7. The fourth-order valence-corrected chi connectivity index (χ4v) is 2.55. The van der Waals surface area contributed by atoms with Gasteiger partial charge in [0.05, 0.1) is 0 Å². The number of nitrogens with zero attached hydrogens (tertiary/aromatic N) is 2. The summed E-state index contributed by atoms with van der Waals surface area (Å²) in [5.41, 5.74) is 1.65. The van der Waals surface area contributed by atoms with Crippen LogP contribution in [0.2, 0.25) is 0 Å². The molecule has 0 aliphatic rings. The lowest BCUT2D eigenvalue weighted by atomic mass is 10.1. The van der Waals surface area contributed by atoms with Crippen LogP contribution in [0.3, 0.4) is 0 Å². The van der Waals surface area contributed by atoms with E-state index in [-0.39, 0.29) is 29.8 Å². The summed E-state index contributed by atoms with van der Waals surface area (Å²) in [6, 6.07) is -0.706. The van der Waals surface area contributed by atoms with Gasteiger partial charge in [0.15, 0.2) is 11.3 Å². The van der Waals surface area contributed by atoms with Crippen LogP contribution in [0.5, 0.6) is 0 Å². The number of hydrogen-bond donors (Lipinski definition) is 2. The van der Waals surface area contributed by atoms with Gasteiger partial charge in [-0.05, 0) is 44.5 Å². The summed E-state index contributed by atoms with van der Waals surface area (Å²) in [4.78, 5) is 42.5. The SMILES string of the molecule is CNC(=O)NC(=O)[C@H](C)OC(=O)CCc1c(C)nc(SC(F)F)nc1C. The van der Waals surface area contributed by atoms with E-state index in [0.29, 0.717) is 17.0 Å². The number of thioether (sulfide) groups is 1. The maximum Gasteiger partial charge on any atom is 0.321 e. The summed E-state index contributed by atoms with van der Waals surface area (Å²) in [7, 11) is 1.34. The number of carbonyl (C=O) groups is 3. The minimum atomic E-state index is -2.61. The van der Waals surface area contributed by atoms with Crippen molar-refractivity contribution >= 4 is 29.7 Å². The molecule has 1 aromatic rings. The molecular weight excluding hydrogens is 370 g/mol. The summed E-state index contributed by atoms with van der Waals surface area (Å²) >= 11 is 0.254. The molecule has 11 heteroatoms. The van der Waals surface area contributed by atoms with Crippen LogP contribution in [-0.2, 0) is 20.7 Å². The number of nitrogens with one attached hydrogen (secondary N) is 2. The zero-order valence-electron chi connectivity index (χ0n) is 14.8. The number of carbonyl (C=O) groups excluding carboxylic acids is 3. The van der Waals surface area contributed by atoms with Gasteiger partial charge in [0, 0.05) is 24.9 Å². The van der Waals surface area contributed by atoms with Gasteiger partial charge in [-0.3, -0.25) is 14.9 Å². The number of aromatic nitrogens is 2. The molecule has 3 amide bonds. The Morgan fingerprint density at radius 3 is 2.27 bits per heavy atom. The summed E-state index contributed by atoms with van der Waals surface area (Å²) in [5.74, 6) is -4.01. The molecule has 1 atom stereocenters. The third-order valence-corrected chi connectivity index (χ3v) is 3.89. The number of urea groups is 1. The van der Waals surface area contributed by atoms with Crippen molar-refractivity contribution in [2.75, 3.05) is 7.05 Å². The second-order valence-corrected chi connectivity index (χ2v) is 6.19. The van der Waals surface area contributed by atoms with E-state index in [4.69, 9.17) is 4.74 Å². The van der Waals surface area contributed by atoms with Crippen molar-refractivity contribution in [1.82, 2.24) is 20.6 Å². The first-order chi connectivity index (χ1) is 12.1. The van der Waals surface area contributed by atoms with Gasteiger partial charge >= 0.3 is 12.0 Å². The van der Waals surface area contributed by atoms with Crippen molar-refractivity contribution in [3.05, 3.63) is 17.0 Å². The second kappa shape index (κ2) is 10.00. The van der Waals surface area contributed by atoms with E-state index in [0.717, 1.165) is 0 Å². The number of alkyl halides is 2. The van der Waals surface area contributed by atoms with E-state index in [1.165, 1.54) is 14.0 Å². The average molecular weight is 390 g/mol. The van der Waals surface area contributed by atoms with E-state index in [1.54, 1.807) is 13.8 Å². The molecule has 1 heterocycles. The van der Waals surface area contributed by atoms with E-state index in [2.05, 4.69) is 15.3 Å². The Labute approximate surface area is 153 Å². The van der Waals surface area contributed by atoms with Crippen molar-refractivity contribution < 1.29 is 27.9 Å². The minimum absolute atomic E-state index is 0.0270. The third-order valence-electron chi connectivity index (χ3n) is 3.32. The van der Waals surface area contributed by atoms with Gasteiger partial charge < -0.3 is 10.1 Å². The Bertz CT molecular complexity index is 665. The number of esters is 1. The Balaban J connectivity index is 2.62. The topological polar surface area (TPSA) is 110 Å². The van der Waals surface area contributed by atoms with Crippen LogP contribution >= 0.6 is 11.8 Å². The normalized spacial score (nSPS) is 11.8. The van der Waals surface area contributed by atoms with Gasteiger partial charge in [0.2, 0.25) is 0 Å². The molecule has 8 nitrogen and oxygen atoms in total. The third kappa shape index (κ3) is 6.90. The van der Waals surface area contributed by atoms with Gasteiger partial charge in [-0.25, -0.2) is 14.8 Å². The first-order valence-electron chi connectivity index (χ1n) is 7.65. The fourth-order valence-electron chi connectivity index (χ4n) is 2.02. The van der Waals surface area contributed by atoms with Crippen LogP contribution in [0.4, 0.5) is 13.6 Å². The molecule has 0 fully saturated rings. The number of ether oxygens (including phenoxy) is 1. The number of halogens is 2. The zero-order valence-corrected chi connectivity index (χ0v) is 15.6. The van der Waals surface area contributed by atoms with Crippen LogP contribution in [-0.4, -0.2) is 46.8 Å². The number of imide groups is 1. The van der Waals surface area contributed by atoms with Crippen molar-refractivity contribution in [2.45, 2.75) is 50.6 Å². The molecule has 0 radical (unpaired) electrons. The summed E-state index contributed by atoms with van der Waals surface area (Å²) < 4.78 is 29.7. The molecule has 0 aromatic carbocycles. The number of amides is 3. The molecule has 1 rings (SSSR count). The van der Waals surface area contributed by atoms with E-state index >= 15 is 0 Å². The molecule has 0 unspecified atom stereocenters. The van der Waals surface area contributed by atoms with Gasteiger partial charge in [0.1, 0.15) is 0 Å². The smallest absolute Gasteiger partial charge is 0.321 e. The molecule has 0 spiro atoms. The molecule has 0 aliphatic heterocycles.